The molecule has 0 spiro atoms. The van der Waals surface area contributed by atoms with Crippen LogP contribution in [0, 0.1) is 5.82 Å². The summed E-state index contributed by atoms with van der Waals surface area (Å²) in [5, 5.41) is 2.50. The van der Waals surface area contributed by atoms with Crippen molar-refractivity contribution in [1.29, 1.82) is 0 Å². The van der Waals surface area contributed by atoms with Crippen molar-refractivity contribution in [3.8, 4) is 5.75 Å². The molecule has 0 saturated heterocycles. The van der Waals surface area contributed by atoms with E-state index in [2.05, 4.69) is 5.32 Å². The summed E-state index contributed by atoms with van der Waals surface area (Å²) in [7, 11) is 1.54. The number of benzene rings is 2. The standard InChI is InChI=1S/C18H15ClFNO4/c1-24-14-4-2-3-12(9-14)5-8-18(23)25-11-17(22)21-16-7-6-13(19)10-15(16)20/h2-10H,11H2,1H3,(H,21,22). The molecule has 0 radical (unpaired) electrons. The highest BCUT2D eigenvalue weighted by atomic mass is 35.5. The monoisotopic (exact) mass is 363 g/mol. The summed E-state index contributed by atoms with van der Waals surface area (Å²) in [6, 6.07) is 10.9. The lowest BCUT2D eigenvalue weighted by Crippen LogP contribution is -2.20. The number of carbonyl (C=O) groups is 2. The number of anilines is 1. The van der Waals surface area contributed by atoms with Crippen molar-refractivity contribution in [2.24, 2.45) is 0 Å². The number of hydrogen-bond acceptors (Lipinski definition) is 4. The maximum Gasteiger partial charge on any atom is 0.331 e. The molecule has 0 aliphatic heterocycles. The van der Waals surface area contributed by atoms with Gasteiger partial charge in [0.2, 0.25) is 0 Å². The molecule has 1 amide bonds. The van der Waals surface area contributed by atoms with Gasteiger partial charge in [0.05, 0.1) is 12.8 Å². The SMILES string of the molecule is COc1cccc(C=CC(=O)OCC(=O)Nc2ccc(Cl)cc2F)c1. The van der Waals surface area contributed by atoms with Crippen LogP contribution >= 0.6 is 11.6 Å². The second kappa shape index (κ2) is 8.84. The Balaban J connectivity index is 1.84. The molecule has 5 nitrogen and oxygen atoms in total. The fraction of sp³-hybridized carbons (Fsp3) is 0.111. The van der Waals surface area contributed by atoms with Gasteiger partial charge in [-0.2, -0.15) is 0 Å². The second-order valence-electron chi connectivity index (χ2n) is 4.89. The van der Waals surface area contributed by atoms with Gasteiger partial charge in [0, 0.05) is 11.1 Å². The highest BCUT2D eigenvalue weighted by Crippen LogP contribution is 2.18. The third-order valence-corrected chi connectivity index (χ3v) is 3.29. The molecule has 25 heavy (non-hydrogen) atoms. The van der Waals surface area contributed by atoms with Gasteiger partial charge in [0.1, 0.15) is 11.6 Å². The second-order valence-corrected chi connectivity index (χ2v) is 5.33. The maximum absolute atomic E-state index is 13.6. The first kappa shape index (κ1) is 18.5. The molecule has 1 N–H and O–H groups in total. The summed E-state index contributed by atoms with van der Waals surface area (Å²) < 4.78 is 23.4. The zero-order chi connectivity index (χ0) is 18.2. The van der Waals surface area contributed by atoms with Crippen LogP contribution in [0.25, 0.3) is 6.08 Å². The highest BCUT2D eigenvalue weighted by Gasteiger charge is 2.09. The number of carbonyl (C=O) groups excluding carboxylic acids is 2. The molecule has 0 aromatic heterocycles. The van der Waals surface area contributed by atoms with Crippen LogP contribution in [0.3, 0.4) is 0 Å². The number of methoxy groups -OCH3 is 1. The van der Waals surface area contributed by atoms with E-state index in [9.17, 15) is 14.0 Å². The Morgan fingerprint density at radius 1 is 1.24 bits per heavy atom. The minimum atomic E-state index is -0.699. The maximum atomic E-state index is 13.6. The summed E-state index contributed by atoms with van der Waals surface area (Å²) in [6.45, 7) is -0.538. The van der Waals surface area contributed by atoms with Gasteiger partial charge < -0.3 is 14.8 Å². The van der Waals surface area contributed by atoms with Crippen LogP contribution in [0.5, 0.6) is 5.75 Å². The average molecular weight is 364 g/mol. The van der Waals surface area contributed by atoms with Crippen molar-refractivity contribution in [2.45, 2.75) is 0 Å². The van der Waals surface area contributed by atoms with Crippen LogP contribution < -0.4 is 10.1 Å². The predicted molar refractivity (Wildman–Crippen MR) is 93.0 cm³/mol. The topological polar surface area (TPSA) is 64.6 Å². The van der Waals surface area contributed by atoms with E-state index < -0.39 is 24.3 Å². The molecule has 0 heterocycles. The third kappa shape index (κ3) is 5.93. The van der Waals surface area contributed by atoms with Crippen LogP contribution in [0.2, 0.25) is 5.02 Å². The van der Waals surface area contributed by atoms with E-state index in [1.165, 1.54) is 24.3 Å². The van der Waals surface area contributed by atoms with E-state index in [1.54, 1.807) is 31.4 Å². The molecule has 0 aliphatic rings. The molecular weight excluding hydrogens is 349 g/mol. The Morgan fingerprint density at radius 2 is 2.04 bits per heavy atom. The fourth-order valence-corrected chi connectivity index (χ4v) is 2.03. The quantitative estimate of drug-likeness (QED) is 0.628. The molecule has 0 aliphatic carbocycles. The van der Waals surface area contributed by atoms with Gasteiger partial charge in [-0.25, -0.2) is 9.18 Å². The van der Waals surface area contributed by atoms with Gasteiger partial charge in [0.25, 0.3) is 5.91 Å². The number of halogens is 2. The normalized spacial score (nSPS) is 10.5. The number of hydrogen-bond donors (Lipinski definition) is 1. The molecule has 2 rings (SSSR count). The molecule has 0 fully saturated rings. The molecule has 7 heteroatoms. The number of nitrogens with one attached hydrogen (secondary N) is 1. The number of ether oxygens (including phenoxy) is 2. The minimum Gasteiger partial charge on any atom is -0.497 e. The van der Waals surface area contributed by atoms with E-state index in [0.29, 0.717) is 5.75 Å². The Hall–Kier alpha value is -2.86. The molecule has 2 aromatic carbocycles. The zero-order valence-electron chi connectivity index (χ0n) is 13.3. The molecule has 2 aromatic rings. The highest BCUT2D eigenvalue weighted by molar-refractivity contribution is 6.30. The lowest BCUT2D eigenvalue weighted by atomic mass is 10.2. The first-order chi connectivity index (χ1) is 12.0. The van der Waals surface area contributed by atoms with Gasteiger partial charge >= 0.3 is 5.97 Å². The van der Waals surface area contributed by atoms with E-state index >= 15 is 0 Å². The van der Waals surface area contributed by atoms with E-state index in [4.69, 9.17) is 21.1 Å². The van der Waals surface area contributed by atoms with Crippen LogP contribution in [-0.4, -0.2) is 25.6 Å². The van der Waals surface area contributed by atoms with Gasteiger partial charge in [-0.15, -0.1) is 0 Å². The summed E-state index contributed by atoms with van der Waals surface area (Å²) in [5.74, 6) is -1.39. The van der Waals surface area contributed by atoms with Gasteiger partial charge in [0.15, 0.2) is 6.61 Å². The predicted octanol–water partition coefficient (Wildman–Crippen LogP) is 3.68. The van der Waals surface area contributed by atoms with E-state index in [-0.39, 0.29) is 10.7 Å². The lowest BCUT2D eigenvalue weighted by Gasteiger charge is -2.06. The average Bonchev–Trinajstić information content (AvgIpc) is 2.60. The van der Waals surface area contributed by atoms with Crippen molar-refractivity contribution in [1.82, 2.24) is 0 Å². The fourth-order valence-electron chi connectivity index (χ4n) is 1.87. The first-order valence-corrected chi connectivity index (χ1v) is 7.59. The summed E-state index contributed by atoms with van der Waals surface area (Å²) in [4.78, 5) is 23.3. The smallest absolute Gasteiger partial charge is 0.331 e. The van der Waals surface area contributed by atoms with Gasteiger partial charge in [-0.05, 0) is 42.0 Å². The Bertz CT molecular complexity index is 807. The molecular formula is C18H15ClFNO4. The number of esters is 1. The first-order valence-electron chi connectivity index (χ1n) is 7.22. The summed E-state index contributed by atoms with van der Waals surface area (Å²) in [6.07, 6.45) is 2.71. The van der Waals surface area contributed by atoms with Crippen LogP contribution in [0.15, 0.2) is 48.5 Å². The van der Waals surface area contributed by atoms with Crippen molar-refractivity contribution in [3.63, 3.8) is 0 Å². The van der Waals surface area contributed by atoms with Crippen molar-refractivity contribution < 1.29 is 23.5 Å². The van der Waals surface area contributed by atoms with Crippen LogP contribution in [-0.2, 0) is 14.3 Å². The Kier molecular flexibility index (Phi) is 6.54. The van der Waals surface area contributed by atoms with Crippen LogP contribution in [0.4, 0.5) is 10.1 Å². The molecule has 0 saturated carbocycles. The molecule has 0 unspecified atom stereocenters. The molecule has 0 bridgehead atoms. The zero-order valence-corrected chi connectivity index (χ0v) is 14.0. The van der Waals surface area contributed by atoms with Crippen LogP contribution in [0.1, 0.15) is 5.56 Å². The number of amides is 1. The number of rotatable bonds is 6. The molecule has 130 valence electrons. The lowest BCUT2D eigenvalue weighted by molar-refractivity contribution is -0.142. The van der Waals surface area contributed by atoms with Gasteiger partial charge in [-0.1, -0.05) is 23.7 Å². The van der Waals surface area contributed by atoms with Crippen molar-refractivity contribution >= 4 is 35.2 Å². The van der Waals surface area contributed by atoms with E-state index in [0.717, 1.165) is 11.6 Å². The molecule has 0 atom stereocenters. The van der Waals surface area contributed by atoms with Crippen molar-refractivity contribution in [3.05, 3.63) is 64.9 Å². The van der Waals surface area contributed by atoms with E-state index in [1.807, 2.05) is 0 Å². The van der Waals surface area contributed by atoms with Gasteiger partial charge in [-0.3, -0.25) is 4.79 Å². The largest absolute Gasteiger partial charge is 0.497 e. The Labute approximate surface area is 149 Å². The third-order valence-electron chi connectivity index (χ3n) is 3.06. The van der Waals surface area contributed by atoms with Crippen molar-refractivity contribution in [2.75, 3.05) is 19.0 Å². The summed E-state index contributed by atoms with van der Waals surface area (Å²) in [5.41, 5.74) is 0.696. The summed E-state index contributed by atoms with van der Waals surface area (Å²) >= 11 is 5.62. The Morgan fingerprint density at radius 3 is 2.76 bits per heavy atom. The minimum absolute atomic E-state index is 0.0441.